The Kier molecular flexibility index (Phi) is 3.25. The van der Waals surface area contributed by atoms with E-state index >= 15 is 0 Å². The molecule has 5 heteroatoms. The average molecular weight is 246 g/mol. The molecule has 0 aromatic heterocycles. The van der Waals surface area contributed by atoms with Crippen LogP contribution < -0.4 is 0 Å². The van der Waals surface area contributed by atoms with Crippen LogP contribution in [0.25, 0.3) is 0 Å². The number of esters is 2. The predicted molar refractivity (Wildman–Crippen MR) is 59.0 cm³/mol. The highest BCUT2D eigenvalue weighted by Gasteiger charge is 2.68. The van der Waals surface area contributed by atoms with Crippen molar-refractivity contribution in [3.63, 3.8) is 0 Å². The van der Waals surface area contributed by atoms with Crippen LogP contribution in [0.15, 0.2) is 0 Å². The van der Waals surface area contributed by atoms with Crippen LogP contribution in [-0.2, 0) is 19.1 Å². The van der Waals surface area contributed by atoms with Gasteiger partial charge in [-0.1, -0.05) is 13.8 Å². The van der Waals surface area contributed by atoms with Crippen LogP contribution in [0, 0.1) is 10.8 Å². The first-order valence-electron chi connectivity index (χ1n) is 5.49. The fourth-order valence-corrected chi connectivity index (χ4v) is 3.06. The van der Waals surface area contributed by atoms with Gasteiger partial charge in [-0.15, -0.1) is 0 Å². The van der Waals surface area contributed by atoms with Gasteiger partial charge in [-0.2, -0.15) is 0 Å². The van der Waals surface area contributed by atoms with Gasteiger partial charge in [0, 0.05) is 6.42 Å². The van der Waals surface area contributed by atoms with Crippen LogP contribution >= 0.6 is 0 Å². The van der Waals surface area contributed by atoms with Crippen LogP contribution in [0.3, 0.4) is 0 Å². The van der Waals surface area contributed by atoms with Gasteiger partial charge in [0.25, 0.3) is 0 Å². The maximum absolute atomic E-state index is 14.2. The van der Waals surface area contributed by atoms with Gasteiger partial charge in [-0.05, 0) is 18.8 Å². The lowest BCUT2D eigenvalue weighted by atomic mass is 9.68. The van der Waals surface area contributed by atoms with E-state index in [1.807, 2.05) is 0 Å². The molecule has 0 saturated heterocycles. The Balaban J connectivity index is 3.34. The topological polar surface area (TPSA) is 52.6 Å². The molecule has 0 aromatic carbocycles. The molecule has 1 fully saturated rings. The number of halogens is 1. The normalized spacial score (nSPS) is 29.8. The smallest absolute Gasteiger partial charge is 0.323 e. The third-order valence-corrected chi connectivity index (χ3v) is 3.67. The lowest BCUT2D eigenvalue weighted by Gasteiger charge is -2.35. The van der Waals surface area contributed by atoms with Gasteiger partial charge in [-0.25, -0.2) is 4.39 Å². The van der Waals surface area contributed by atoms with Gasteiger partial charge in [-0.3, -0.25) is 9.59 Å². The van der Waals surface area contributed by atoms with Gasteiger partial charge >= 0.3 is 11.9 Å². The third-order valence-electron chi connectivity index (χ3n) is 3.67. The SMILES string of the molecule is COC(=O)C1(C(=O)OC)CC(C)(F)CC1(C)C. The number of hydrogen-bond acceptors (Lipinski definition) is 4. The molecule has 0 amide bonds. The molecule has 0 bridgehead atoms. The van der Waals surface area contributed by atoms with E-state index in [9.17, 15) is 14.0 Å². The second-order valence-electron chi connectivity index (χ2n) is 5.54. The molecule has 0 spiro atoms. The predicted octanol–water partition coefficient (Wildman–Crippen LogP) is 1.87. The van der Waals surface area contributed by atoms with Crippen LogP contribution in [0.5, 0.6) is 0 Å². The Bertz CT molecular complexity index is 330. The third kappa shape index (κ3) is 1.91. The summed E-state index contributed by atoms with van der Waals surface area (Å²) >= 11 is 0. The fraction of sp³-hybridized carbons (Fsp3) is 0.833. The van der Waals surface area contributed by atoms with Crippen molar-refractivity contribution >= 4 is 11.9 Å². The second kappa shape index (κ2) is 3.96. The molecule has 1 aliphatic rings. The minimum Gasteiger partial charge on any atom is -0.468 e. The summed E-state index contributed by atoms with van der Waals surface area (Å²) in [6, 6.07) is 0. The maximum Gasteiger partial charge on any atom is 0.323 e. The van der Waals surface area contributed by atoms with E-state index < -0.39 is 28.4 Å². The number of rotatable bonds is 2. The highest BCUT2D eigenvalue weighted by atomic mass is 19.1. The lowest BCUT2D eigenvalue weighted by Crippen LogP contribution is -2.48. The van der Waals surface area contributed by atoms with Gasteiger partial charge in [0.1, 0.15) is 5.67 Å². The molecular weight excluding hydrogens is 227 g/mol. The van der Waals surface area contributed by atoms with Crippen molar-refractivity contribution < 1.29 is 23.5 Å². The van der Waals surface area contributed by atoms with E-state index in [4.69, 9.17) is 0 Å². The molecule has 1 saturated carbocycles. The van der Waals surface area contributed by atoms with E-state index in [-0.39, 0.29) is 12.8 Å². The van der Waals surface area contributed by atoms with E-state index in [1.165, 1.54) is 21.1 Å². The molecule has 1 rings (SSSR count). The molecule has 0 aliphatic heterocycles. The fourth-order valence-electron chi connectivity index (χ4n) is 3.06. The molecule has 98 valence electrons. The number of methoxy groups -OCH3 is 2. The molecule has 1 unspecified atom stereocenters. The monoisotopic (exact) mass is 246 g/mol. The van der Waals surface area contributed by atoms with Crippen molar-refractivity contribution in [2.24, 2.45) is 10.8 Å². The molecule has 0 radical (unpaired) electrons. The van der Waals surface area contributed by atoms with Crippen molar-refractivity contribution in [1.82, 2.24) is 0 Å². The molecule has 0 aromatic rings. The van der Waals surface area contributed by atoms with Crippen molar-refractivity contribution in [1.29, 1.82) is 0 Å². The van der Waals surface area contributed by atoms with Gasteiger partial charge < -0.3 is 9.47 Å². The minimum absolute atomic E-state index is 0.115. The number of ether oxygens (including phenoxy) is 2. The zero-order chi connectivity index (χ0) is 13.5. The quantitative estimate of drug-likeness (QED) is 0.551. The molecule has 17 heavy (non-hydrogen) atoms. The number of hydrogen-bond donors (Lipinski definition) is 0. The highest BCUT2D eigenvalue weighted by molar-refractivity contribution is 6.01. The highest BCUT2D eigenvalue weighted by Crippen LogP contribution is 2.59. The summed E-state index contributed by atoms with van der Waals surface area (Å²) in [5, 5.41) is 0. The summed E-state index contributed by atoms with van der Waals surface area (Å²) < 4.78 is 23.5. The maximum atomic E-state index is 14.2. The van der Waals surface area contributed by atoms with Crippen molar-refractivity contribution in [2.75, 3.05) is 14.2 Å². The largest absolute Gasteiger partial charge is 0.468 e. The Hall–Kier alpha value is -1.13. The summed E-state index contributed by atoms with van der Waals surface area (Å²) in [5.74, 6) is -1.45. The van der Waals surface area contributed by atoms with E-state index in [0.29, 0.717) is 0 Å². The molecular formula is C12H19FO4. The minimum atomic E-state index is -1.58. The molecule has 1 atom stereocenters. The van der Waals surface area contributed by atoms with E-state index in [2.05, 4.69) is 9.47 Å². The average Bonchev–Trinajstić information content (AvgIpc) is 2.41. The summed E-state index contributed by atoms with van der Waals surface area (Å²) in [6.45, 7) is 4.76. The zero-order valence-electron chi connectivity index (χ0n) is 10.9. The second-order valence-corrected chi connectivity index (χ2v) is 5.54. The first-order chi connectivity index (χ1) is 7.63. The Morgan fingerprint density at radius 2 is 1.41 bits per heavy atom. The van der Waals surface area contributed by atoms with Gasteiger partial charge in [0.2, 0.25) is 0 Å². The number of carbonyl (C=O) groups is 2. The van der Waals surface area contributed by atoms with Crippen molar-refractivity contribution in [2.45, 2.75) is 39.3 Å². The summed E-state index contributed by atoms with van der Waals surface area (Å²) in [5.41, 5.74) is -3.97. The van der Waals surface area contributed by atoms with Crippen LogP contribution in [-0.4, -0.2) is 31.8 Å². The van der Waals surface area contributed by atoms with Crippen molar-refractivity contribution in [3.8, 4) is 0 Å². The summed E-state index contributed by atoms with van der Waals surface area (Å²) in [6.07, 6.45) is -0.0868. The molecule has 0 N–H and O–H groups in total. The Morgan fingerprint density at radius 3 is 1.65 bits per heavy atom. The number of alkyl halides is 1. The Morgan fingerprint density at radius 1 is 1.00 bits per heavy atom. The molecule has 1 aliphatic carbocycles. The summed E-state index contributed by atoms with van der Waals surface area (Å²) in [4.78, 5) is 23.9. The standard InChI is InChI=1S/C12H19FO4/c1-10(2)6-11(3,13)7-12(10,8(14)16-4)9(15)17-5/h6-7H2,1-5H3. The van der Waals surface area contributed by atoms with Gasteiger partial charge in [0.15, 0.2) is 5.41 Å². The van der Waals surface area contributed by atoms with Crippen LogP contribution in [0.2, 0.25) is 0 Å². The van der Waals surface area contributed by atoms with Crippen LogP contribution in [0.1, 0.15) is 33.6 Å². The first-order valence-corrected chi connectivity index (χ1v) is 5.49. The van der Waals surface area contributed by atoms with Crippen LogP contribution in [0.4, 0.5) is 4.39 Å². The van der Waals surface area contributed by atoms with Gasteiger partial charge in [0.05, 0.1) is 14.2 Å². The number of carbonyl (C=O) groups excluding carboxylic acids is 2. The van der Waals surface area contributed by atoms with E-state index in [1.54, 1.807) is 13.8 Å². The van der Waals surface area contributed by atoms with E-state index in [0.717, 1.165) is 0 Å². The molecule has 0 heterocycles. The summed E-state index contributed by atoms with van der Waals surface area (Å²) in [7, 11) is 2.38. The first kappa shape index (κ1) is 13.9. The zero-order valence-corrected chi connectivity index (χ0v) is 10.9. The Labute approximate surface area is 100 Å². The molecule has 4 nitrogen and oxygen atoms in total. The lowest BCUT2D eigenvalue weighted by molar-refractivity contribution is -0.176. The van der Waals surface area contributed by atoms with Crippen molar-refractivity contribution in [3.05, 3.63) is 0 Å².